The Morgan fingerprint density at radius 2 is 1.88 bits per heavy atom. The molecule has 4 aromatic rings. The SMILES string of the molecule is Fc1ccc(CSc2nc3ccncc3n2Cc2cccc(Cl)c2)cc1. The molecule has 0 amide bonds. The van der Waals surface area contributed by atoms with Gasteiger partial charge in [0.15, 0.2) is 5.16 Å². The molecule has 3 nitrogen and oxygen atoms in total. The summed E-state index contributed by atoms with van der Waals surface area (Å²) >= 11 is 7.75. The van der Waals surface area contributed by atoms with Gasteiger partial charge in [-0.3, -0.25) is 4.98 Å². The van der Waals surface area contributed by atoms with E-state index in [9.17, 15) is 4.39 Å². The van der Waals surface area contributed by atoms with Crippen molar-refractivity contribution in [3.8, 4) is 0 Å². The predicted octanol–water partition coefficient (Wildman–Crippen LogP) is 5.56. The third kappa shape index (κ3) is 3.74. The summed E-state index contributed by atoms with van der Waals surface area (Å²) in [5.74, 6) is 0.491. The van der Waals surface area contributed by atoms with Crippen molar-refractivity contribution in [3.05, 3.63) is 89.0 Å². The van der Waals surface area contributed by atoms with Gasteiger partial charge >= 0.3 is 0 Å². The van der Waals surface area contributed by atoms with Gasteiger partial charge in [-0.1, -0.05) is 47.6 Å². The van der Waals surface area contributed by atoms with E-state index in [1.54, 1.807) is 30.1 Å². The maximum atomic E-state index is 13.1. The van der Waals surface area contributed by atoms with Crippen LogP contribution in [0.5, 0.6) is 0 Å². The zero-order valence-electron chi connectivity index (χ0n) is 13.8. The second-order valence-electron chi connectivity index (χ2n) is 5.89. The summed E-state index contributed by atoms with van der Waals surface area (Å²) in [7, 11) is 0. The molecular formula is C20H15ClFN3S. The smallest absolute Gasteiger partial charge is 0.169 e. The quantitative estimate of drug-likeness (QED) is 0.422. The van der Waals surface area contributed by atoms with Crippen molar-refractivity contribution in [2.24, 2.45) is 0 Å². The highest BCUT2D eigenvalue weighted by molar-refractivity contribution is 7.98. The number of pyridine rings is 1. The second kappa shape index (κ2) is 7.48. The Kier molecular flexibility index (Phi) is 4.91. The zero-order valence-corrected chi connectivity index (χ0v) is 15.3. The number of hydrogen-bond donors (Lipinski definition) is 0. The molecule has 0 N–H and O–H groups in total. The van der Waals surface area contributed by atoms with E-state index in [0.29, 0.717) is 17.3 Å². The Morgan fingerprint density at radius 3 is 2.69 bits per heavy atom. The Balaban J connectivity index is 1.65. The van der Waals surface area contributed by atoms with E-state index < -0.39 is 0 Å². The summed E-state index contributed by atoms with van der Waals surface area (Å²) < 4.78 is 15.2. The number of aromatic nitrogens is 3. The van der Waals surface area contributed by atoms with Crippen molar-refractivity contribution in [1.82, 2.24) is 14.5 Å². The van der Waals surface area contributed by atoms with Crippen molar-refractivity contribution < 1.29 is 4.39 Å². The van der Waals surface area contributed by atoms with Crippen LogP contribution in [-0.4, -0.2) is 14.5 Å². The Labute approximate surface area is 159 Å². The predicted molar refractivity (Wildman–Crippen MR) is 104 cm³/mol. The molecular weight excluding hydrogens is 369 g/mol. The number of imidazole rings is 1. The summed E-state index contributed by atoms with van der Waals surface area (Å²) in [6.07, 6.45) is 3.57. The van der Waals surface area contributed by atoms with Gasteiger partial charge in [0.25, 0.3) is 0 Å². The van der Waals surface area contributed by atoms with Crippen molar-refractivity contribution in [2.75, 3.05) is 0 Å². The van der Waals surface area contributed by atoms with Crippen LogP contribution in [0.4, 0.5) is 4.39 Å². The van der Waals surface area contributed by atoms with Crippen LogP contribution in [0.1, 0.15) is 11.1 Å². The van der Waals surface area contributed by atoms with Gasteiger partial charge in [-0.15, -0.1) is 0 Å². The van der Waals surface area contributed by atoms with Crippen LogP contribution in [0.25, 0.3) is 11.0 Å². The number of thioether (sulfide) groups is 1. The zero-order chi connectivity index (χ0) is 17.9. The van der Waals surface area contributed by atoms with Gasteiger partial charge in [0, 0.05) is 17.0 Å². The molecule has 0 saturated heterocycles. The fourth-order valence-electron chi connectivity index (χ4n) is 2.76. The molecule has 0 aliphatic carbocycles. The van der Waals surface area contributed by atoms with Crippen LogP contribution in [0.15, 0.2) is 72.1 Å². The molecule has 2 aromatic carbocycles. The lowest BCUT2D eigenvalue weighted by Crippen LogP contribution is -2.02. The summed E-state index contributed by atoms with van der Waals surface area (Å²) in [5.41, 5.74) is 4.04. The van der Waals surface area contributed by atoms with Gasteiger partial charge in [-0.2, -0.15) is 0 Å². The first-order chi connectivity index (χ1) is 12.7. The topological polar surface area (TPSA) is 30.7 Å². The lowest BCUT2D eigenvalue weighted by Gasteiger charge is -2.09. The monoisotopic (exact) mass is 383 g/mol. The van der Waals surface area contributed by atoms with E-state index in [-0.39, 0.29) is 5.82 Å². The van der Waals surface area contributed by atoms with Crippen molar-refractivity contribution in [1.29, 1.82) is 0 Å². The van der Waals surface area contributed by atoms with Gasteiger partial charge in [0.05, 0.1) is 23.8 Å². The average molecular weight is 384 g/mol. The maximum Gasteiger partial charge on any atom is 0.169 e. The Hall–Kier alpha value is -2.37. The number of hydrogen-bond acceptors (Lipinski definition) is 3. The molecule has 0 radical (unpaired) electrons. The average Bonchev–Trinajstić information content (AvgIpc) is 2.99. The van der Waals surface area contributed by atoms with E-state index >= 15 is 0 Å². The maximum absolute atomic E-state index is 13.1. The molecule has 2 aromatic heterocycles. The van der Waals surface area contributed by atoms with Crippen LogP contribution in [0, 0.1) is 5.82 Å². The third-order valence-electron chi connectivity index (χ3n) is 4.03. The molecule has 0 aliphatic heterocycles. The molecule has 0 atom stereocenters. The first-order valence-corrected chi connectivity index (χ1v) is 9.47. The molecule has 0 aliphatic rings. The Morgan fingerprint density at radius 1 is 1.04 bits per heavy atom. The van der Waals surface area contributed by atoms with Gasteiger partial charge in [-0.05, 0) is 41.5 Å². The number of rotatable bonds is 5. The highest BCUT2D eigenvalue weighted by atomic mass is 35.5. The van der Waals surface area contributed by atoms with E-state index in [1.807, 2.05) is 36.5 Å². The molecule has 130 valence electrons. The van der Waals surface area contributed by atoms with Crippen LogP contribution in [0.3, 0.4) is 0 Å². The highest BCUT2D eigenvalue weighted by Crippen LogP contribution is 2.27. The second-order valence-corrected chi connectivity index (χ2v) is 7.27. The minimum absolute atomic E-state index is 0.224. The van der Waals surface area contributed by atoms with E-state index in [1.165, 1.54) is 12.1 Å². The van der Waals surface area contributed by atoms with E-state index in [0.717, 1.165) is 27.3 Å². The van der Waals surface area contributed by atoms with Crippen LogP contribution in [-0.2, 0) is 12.3 Å². The molecule has 0 bridgehead atoms. The van der Waals surface area contributed by atoms with E-state index in [2.05, 4.69) is 9.55 Å². The molecule has 4 rings (SSSR count). The van der Waals surface area contributed by atoms with Crippen molar-refractivity contribution in [3.63, 3.8) is 0 Å². The lowest BCUT2D eigenvalue weighted by atomic mass is 10.2. The molecule has 0 fully saturated rings. The number of nitrogens with zero attached hydrogens (tertiary/aromatic N) is 3. The van der Waals surface area contributed by atoms with Gasteiger partial charge in [-0.25, -0.2) is 9.37 Å². The number of halogens is 2. The van der Waals surface area contributed by atoms with Crippen LogP contribution >= 0.6 is 23.4 Å². The molecule has 26 heavy (non-hydrogen) atoms. The number of benzene rings is 2. The summed E-state index contributed by atoms with van der Waals surface area (Å²) in [6.45, 7) is 0.661. The van der Waals surface area contributed by atoms with Gasteiger partial charge in [0.1, 0.15) is 5.82 Å². The fraction of sp³-hybridized carbons (Fsp3) is 0.100. The normalized spacial score (nSPS) is 11.2. The standard InChI is InChI=1S/C20H15ClFN3S/c21-16-3-1-2-15(10-16)12-25-19-11-23-9-8-18(19)24-20(25)26-13-14-4-6-17(22)7-5-14/h1-11H,12-13H2. The molecule has 0 spiro atoms. The summed E-state index contributed by atoms with van der Waals surface area (Å²) in [6, 6.07) is 16.3. The fourth-order valence-corrected chi connectivity index (χ4v) is 3.94. The third-order valence-corrected chi connectivity index (χ3v) is 5.31. The largest absolute Gasteiger partial charge is 0.313 e. The van der Waals surface area contributed by atoms with Crippen LogP contribution in [0.2, 0.25) is 5.02 Å². The van der Waals surface area contributed by atoms with Crippen LogP contribution < -0.4 is 0 Å². The molecule has 2 heterocycles. The molecule has 6 heteroatoms. The lowest BCUT2D eigenvalue weighted by molar-refractivity contribution is 0.627. The minimum atomic E-state index is -0.224. The first kappa shape index (κ1) is 17.1. The Bertz CT molecular complexity index is 1050. The number of fused-ring (bicyclic) bond motifs is 1. The summed E-state index contributed by atoms with van der Waals surface area (Å²) in [4.78, 5) is 8.98. The van der Waals surface area contributed by atoms with Crippen molar-refractivity contribution in [2.45, 2.75) is 17.5 Å². The molecule has 0 unspecified atom stereocenters. The highest BCUT2D eigenvalue weighted by Gasteiger charge is 2.12. The van der Waals surface area contributed by atoms with E-state index in [4.69, 9.17) is 16.6 Å². The first-order valence-electron chi connectivity index (χ1n) is 8.11. The van der Waals surface area contributed by atoms with Gasteiger partial charge in [0.2, 0.25) is 0 Å². The van der Waals surface area contributed by atoms with Gasteiger partial charge < -0.3 is 4.57 Å². The van der Waals surface area contributed by atoms with Crippen molar-refractivity contribution >= 4 is 34.4 Å². The summed E-state index contributed by atoms with van der Waals surface area (Å²) in [5, 5.41) is 1.61. The minimum Gasteiger partial charge on any atom is -0.313 e. The molecule has 0 saturated carbocycles.